The van der Waals surface area contributed by atoms with Crippen LogP contribution in [-0.4, -0.2) is 19.1 Å². The third-order valence-corrected chi connectivity index (χ3v) is 3.11. The second-order valence-corrected chi connectivity index (χ2v) is 4.72. The number of nitrogens with one attached hydrogen (secondary N) is 1. The molecule has 0 saturated heterocycles. The van der Waals surface area contributed by atoms with Crippen molar-refractivity contribution in [3.8, 4) is 11.8 Å². The molecule has 2 aromatic carbocycles. The number of benzene rings is 2. The molecule has 0 radical (unpaired) electrons. The van der Waals surface area contributed by atoms with E-state index in [1.54, 1.807) is 0 Å². The van der Waals surface area contributed by atoms with Crippen molar-refractivity contribution >= 4 is 16.7 Å². The molecule has 0 spiro atoms. The minimum atomic E-state index is -0.333. The van der Waals surface area contributed by atoms with E-state index in [4.69, 9.17) is 15.7 Å². The molecule has 2 rings (SSSR count). The molecule has 0 bridgehead atoms. The van der Waals surface area contributed by atoms with Crippen molar-refractivity contribution in [1.82, 2.24) is 5.32 Å². The summed E-state index contributed by atoms with van der Waals surface area (Å²) in [6, 6.07) is 13.3. The first-order valence-electron chi connectivity index (χ1n) is 6.67. The van der Waals surface area contributed by atoms with Gasteiger partial charge in [-0.15, -0.1) is 0 Å². The normalized spacial score (nSPS) is 11.7. The van der Waals surface area contributed by atoms with Crippen LogP contribution in [0.2, 0.25) is 0 Å². The summed E-state index contributed by atoms with van der Waals surface area (Å²) in [5.74, 6) is 0.287. The zero-order valence-electron chi connectivity index (χ0n) is 11.8. The van der Waals surface area contributed by atoms with Crippen molar-refractivity contribution in [3.63, 3.8) is 0 Å². The van der Waals surface area contributed by atoms with Crippen molar-refractivity contribution in [2.75, 3.05) is 13.2 Å². The van der Waals surface area contributed by atoms with Crippen LogP contribution >= 0.6 is 0 Å². The van der Waals surface area contributed by atoms with Gasteiger partial charge in [0.2, 0.25) is 0 Å². The lowest BCUT2D eigenvalue weighted by Gasteiger charge is -2.16. The first-order valence-corrected chi connectivity index (χ1v) is 6.67. The summed E-state index contributed by atoms with van der Waals surface area (Å²) in [6.07, 6.45) is 0. The Labute approximate surface area is 123 Å². The fourth-order valence-electron chi connectivity index (χ4n) is 2.11. The number of amides is 1. The first kappa shape index (κ1) is 14.8. The third-order valence-electron chi connectivity index (χ3n) is 3.11. The Morgan fingerprint density at radius 1 is 1.38 bits per heavy atom. The average molecular weight is 283 g/mol. The molecule has 3 N–H and O–H groups in total. The summed E-state index contributed by atoms with van der Waals surface area (Å²) in [7, 11) is 0. The minimum Gasteiger partial charge on any atom is -0.483 e. The maximum absolute atomic E-state index is 11.6. The van der Waals surface area contributed by atoms with Crippen LogP contribution in [0.3, 0.4) is 0 Å². The van der Waals surface area contributed by atoms with Crippen LogP contribution in [0, 0.1) is 11.3 Å². The second kappa shape index (κ2) is 6.73. The van der Waals surface area contributed by atoms with E-state index in [0.717, 1.165) is 16.3 Å². The lowest BCUT2D eigenvalue weighted by atomic mass is 10.0. The quantitative estimate of drug-likeness (QED) is 0.820. The predicted octanol–water partition coefficient (Wildman–Crippen LogP) is 1.88. The smallest absolute Gasteiger partial charge is 0.258 e. The van der Waals surface area contributed by atoms with E-state index in [1.807, 2.05) is 49.4 Å². The van der Waals surface area contributed by atoms with Gasteiger partial charge in [-0.1, -0.05) is 36.4 Å². The summed E-state index contributed by atoms with van der Waals surface area (Å²) < 4.78 is 5.67. The van der Waals surface area contributed by atoms with Crippen LogP contribution in [0.5, 0.6) is 5.75 Å². The zero-order chi connectivity index (χ0) is 15.2. The monoisotopic (exact) mass is 283 g/mol. The predicted molar refractivity (Wildman–Crippen MR) is 80.7 cm³/mol. The van der Waals surface area contributed by atoms with Crippen LogP contribution < -0.4 is 15.8 Å². The van der Waals surface area contributed by atoms with Gasteiger partial charge in [-0.2, -0.15) is 5.26 Å². The molecule has 0 saturated carbocycles. The molecule has 0 aliphatic rings. The maximum Gasteiger partial charge on any atom is 0.258 e. The Balaban J connectivity index is 2.29. The van der Waals surface area contributed by atoms with Crippen molar-refractivity contribution in [1.29, 1.82) is 5.26 Å². The standard InChI is InChI=1S/C16H17N3O2/c1-11(18)13-7-6-12-4-2-3-5-14(12)16(13)21-10-15(20)19-9-8-17/h2-7,11H,9-10,18H2,1H3,(H,19,20)/t11-/m0/s1. The van der Waals surface area contributed by atoms with Crippen LogP contribution in [0.4, 0.5) is 0 Å². The molecule has 0 heterocycles. The molecule has 0 aliphatic heterocycles. The second-order valence-electron chi connectivity index (χ2n) is 4.72. The van der Waals surface area contributed by atoms with Gasteiger partial charge in [-0.05, 0) is 12.3 Å². The van der Waals surface area contributed by atoms with Crippen molar-refractivity contribution in [2.24, 2.45) is 5.73 Å². The maximum atomic E-state index is 11.6. The van der Waals surface area contributed by atoms with Crippen molar-refractivity contribution in [2.45, 2.75) is 13.0 Å². The molecule has 0 aliphatic carbocycles. The number of nitriles is 1. The number of carbonyl (C=O) groups is 1. The summed E-state index contributed by atoms with van der Waals surface area (Å²) in [5.41, 5.74) is 6.82. The molecule has 1 amide bonds. The lowest BCUT2D eigenvalue weighted by Crippen LogP contribution is -2.29. The summed E-state index contributed by atoms with van der Waals surface area (Å²) in [4.78, 5) is 11.6. The first-order chi connectivity index (χ1) is 10.1. The van der Waals surface area contributed by atoms with Crippen LogP contribution in [0.1, 0.15) is 18.5 Å². The summed E-state index contributed by atoms with van der Waals surface area (Å²) >= 11 is 0. The molecule has 108 valence electrons. The number of hydrogen-bond acceptors (Lipinski definition) is 4. The number of fused-ring (bicyclic) bond motifs is 1. The number of rotatable bonds is 5. The van der Waals surface area contributed by atoms with E-state index in [2.05, 4.69) is 5.32 Å². The van der Waals surface area contributed by atoms with Crippen LogP contribution in [-0.2, 0) is 4.79 Å². The van der Waals surface area contributed by atoms with E-state index < -0.39 is 0 Å². The van der Waals surface area contributed by atoms with Gasteiger partial charge >= 0.3 is 0 Å². The van der Waals surface area contributed by atoms with Gasteiger partial charge in [0.25, 0.3) is 5.91 Å². The van der Waals surface area contributed by atoms with Gasteiger partial charge in [-0.25, -0.2) is 0 Å². The van der Waals surface area contributed by atoms with E-state index in [-0.39, 0.29) is 25.1 Å². The minimum absolute atomic E-state index is 0.0299. The molecule has 0 aromatic heterocycles. The van der Waals surface area contributed by atoms with Gasteiger partial charge in [0.15, 0.2) is 6.61 Å². The van der Waals surface area contributed by atoms with E-state index in [1.165, 1.54) is 0 Å². The molecule has 2 aromatic rings. The molecule has 5 nitrogen and oxygen atoms in total. The van der Waals surface area contributed by atoms with Crippen molar-refractivity contribution in [3.05, 3.63) is 42.0 Å². The zero-order valence-corrected chi connectivity index (χ0v) is 11.8. The summed E-state index contributed by atoms with van der Waals surface area (Å²) in [5, 5.41) is 12.8. The van der Waals surface area contributed by atoms with Gasteiger partial charge in [0, 0.05) is 17.0 Å². The molecule has 21 heavy (non-hydrogen) atoms. The average Bonchev–Trinajstić information content (AvgIpc) is 2.50. The van der Waals surface area contributed by atoms with E-state index in [9.17, 15) is 4.79 Å². The SMILES string of the molecule is C[C@H](N)c1ccc2ccccc2c1OCC(=O)NCC#N. The van der Waals surface area contributed by atoms with Gasteiger partial charge in [-0.3, -0.25) is 4.79 Å². The fourth-order valence-corrected chi connectivity index (χ4v) is 2.11. The number of carbonyl (C=O) groups excluding carboxylic acids is 1. The van der Waals surface area contributed by atoms with Crippen LogP contribution in [0.25, 0.3) is 10.8 Å². The van der Waals surface area contributed by atoms with Gasteiger partial charge in [0.05, 0.1) is 6.07 Å². The van der Waals surface area contributed by atoms with Gasteiger partial charge in [0.1, 0.15) is 12.3 Å². The van der Waals surface area contributed by atoms with E-state index >= 15 is 0 Å². The Kier molecular flexibility index (Phi) is 4.75. The Morgan fingerprint density at radius 3 is 2.86 bits per heavy atom. The highest BCUT2D eigenvalue weighted by Gasteiger charge is 2.13. The van der Waals surface area contributed by atoms with Gasteiger partial charge < -0.3 is 15.8 Å². The third kappa shape index (κ3) is 3.50. The molecule has 0 fully saturated rings. The molecular weight excluding hydrogens is 266 g/mol. The molecule has 0 unspecified atom stereocenters. The largest absolute Gasteiger partial charge is 0.483 e. The summed E-state index contributed by atoms with van der Waals surface area (Å²) in [6.45, 7) is 1.69. The van der Waals surface area contributed by atoms with Crippen molar-refractivity contribution < 1.29 is 9.53 Å². The highest BCUT2D eigenvalue weighted by Crippen LogP contribution is 2.32. The molecule has 1 atom stereocenters. The van der Waals surface area contributed by atoms with Crippen LogP contribution in [0.15, 0.2) is 36.4 Å². The molecule has 5 heteroatoms. The number of nitrogens with two attached hydrogens (primary N) is 1. The van der Waals surface area contributed by atoms with E-state index in [0.29, 0.717) is 5.75 Å². The number of hydrogen-bond donors (Lipinski definition) is 2. The highest BCUT2D eigenvalue weighted by atomic mass is 16.5. The fraction of sp³-hybridized carbons (Fsp3) is 0.250. The highest BCUT2D eigenvalue weighted by molar-refractivity contribution is 5.90. The Bertz CT molecular complexity index is 689. The lowest BCUT2D eigenvalue weighted by molar-refractivity contribution is -0.122. The number of ether oxygens (including phenoxy) is 1. The number of nitrogens with zero attached hydrogens (tertiary/aromatic N) is 1. The topological polar surface area (TPSA) is 88.1 Å². The molecular formula is C16H17N3O2. The Morgan fingerprint density at radius 2 is 2.14 bits per heavy atom. The Hall–Kier alpha value is -2.58.